The van der Waals surface area contributed by atoms with Crippen molar-refractivity contribution in [3.8, 4) is 5.75 Å². The summed E-state index contributed by atoms with van der Waals surface area (Å²) in [6, 6.07) is 5.67. The Kier molecular flexibility index (Phi) is 5.38. The van der Waals surface area contributed by atoms with Gasteiger partial charge in [0.25, 0.3) is 0 Å². The quantitative estimate of drug-likeness (QED) is 0.856. The summed E-state index contributed by atoms with van der Waals surface area (Å²) < 4.78 is 45.5. The van der Waals surface area contributed by atoms with E-state index in [9.17, 15) is 12.8 Å². The lowest BCUT2D eigenvalue weighted by atomic mass is 10.1. The number of anilines is 1. The first-order valence-corrected chi connectivity index (χ1v) is 9.73. The van der Waals surface area contributed by atoms with Crippen molar-refractivity contribution in [1.82, 2.24) is 14.3 Å². The van der Waals surface area contributed by atoms with Crippen LogP contribution in [0.3, 0.4) is 0 Å². The molecule has 2 aromatic rings. The molecule has 0 radical (unpaired) electrons. The lowest BCUT2D eigenvalue weighted by molar-refractivity contribution is 0.329. The van der Waals surface area contributed by atoms with Gasteiger partial charge in [0.1, 0.15) is 12.1 Å². The van der Waals surface area contributed by atoms with Gasteiger partial charge in [-0.3, -0.25) is 0 Å². The molecule has 0 atom stereocenters. The molecule has 1 fully saturated rings. The maximum Gasteiger partial charge on any atom is 0.243 e. The molecule has 1 N–H and O–H groups in total. The third-order valence-electron chi connectivity index (χ3n) is 4.37. The van der Waals surface area contributed by atoms with Gasteiger partial charge in [0.2, 0.25) is 10.0 Å². The highest BCUT2D eigenvalue weighted by Gasteiger charge is 2.30. The van der Waals surface area contributed by atoms with E-state index in [4.69, 9.17) is 4.74 Å². The Morgan fingerprint density at radius 2 is 1.96 bits per heavy atom. The van der Waals surface area contributed by atoms with Crippen molar-refractivity contribution >= 4 is 15.8 Å². The van der Waals surface area contributed by atoms with E-state index in [1.54, 1.807) is 0 Å². The summed E-state index contributed by atoms with van der Waals surface area (Å²) in [7, 11) is -2.39. The summed E-state index contributed by atoms with van der Waals surface area (Å²) in [6.07, 6.45) is 2.78. The average molecular weight is 380 g/mol. The molecular weight excluding hydrogens is 359 g/mol. The third-order valence-corrected chi connectivity index (χ3v) is 6.27. The van der Waals surface area contributed by atoms with Gasteiger partial charge in [0.15, 0.2) is 11.6 Å². The minimum Gasteiger partial charge on any atom is -0.494 e. The highest BCUT2D eigenvalue weighted by Crippen LogP contribution is 2.26. The molecule has 1 saturated heterocycles. The zero-order valence-corrected chi connectivity index (χ0v) is 15.5. The summed E-state index contributed by atoms with van der Waals surface area (Å²) in [5.41, 5.74) is 0.865. The van der Waals surface area contributed by atoms with Gasteiger partial charge in [-0.15, -0.1) is 0 Å². The number of benzene rings is 1. The second-order valence-corrected chi connectivity index (χ2v) is 8.10. The van der Waals surface area contributed by atoms with Gasteiger partial charge in [-0.2, -0.15) is 4.31 Å². The molecule has 1 aromatic carbocycles. The molecule has 1 aliphatic rings. The highest BCUT2D eigenvalue weighted by molar-refractivity contribution is 7.89. The summed E-state index contributed by atoms with van der Waals surface area (Å²) in [4.78, 5) is 8.16. The third kappa shape index (κ3) is 3.94. The van der Waals surface area contributed by atoms with Crippen LogP contribution < -0.4 is 10.1 Å². The molecule has 0 amide bonds. The Morgan fingerprint density at radius 3 is 2.58 bits per heavy atom. The molecule has 3 rings (SSSR count). The number of sulfonamides is 1. The topological polar surface area (TPSA) is 84.4 Å². The number of aromatic nitrogens is 2. The highest BCUT2D eigenvalue weighted by atomic mass is 32.2. The molecule has 0 unspecified atom stereocenters. The van der Waals surface area contributed by atoms with Crippen molar-refractivity contribution in [2.75, 3.05) is 25.5 Å². The first-order valence-electron chi connectivity index (χ1n) is 8.29. The smallest absolute Gasteiger partial charge is 0.243 e. The van der Waals surface area contributed by atoms with Crippen LogP contribution in [-0.2, 0) is 10.0 Å². The molecule has 2 heterocycles. The number of aryl methyl sites for hydroxylation is 1. The zero-order chi connectivity index (χ0) is 18.7. The molecule has 7 nitrogen and oxygen atoms in total. The molecule has 0 bridgehead atoms. The number of nitrogens with one attached hydrogen (secondary N) is 1. The summed E-state index contributed by atoms with van der Waals surface area (Å²) >= 11 is 0. The number of hydrogen-bond donors (Lipinski definition) is 1. The van der Waals surface area contributed by atoms with Crippen LogP contribution in [0, 0.1) is 12.7 Å². The van der Waals surface area contributed by atoms with Gasteiger partial charge < -0.3 is 10.1 Å². The Hall–Kier alpha value is -2.26. The van der Waals surface area contributed by atoms with Crippen molar-refractivity contribution in [3.05, 3.63) is 42.1 Å². The maximum absolute atomic E-state index is 13.9. The Bertz CT molecular complexity index is 883. The molecule has 1 aromatic heterocycles. The summed E-state index contributed by atoms with van der Waals surface area (Å²) in [6.45, 7) is 2.60. The second kappa shape index (κ2) is 7.55. The standard InChI is InChI=1S/C17H21FN4O3S/c1-12-9-17(20-11-19-12)21-13-5-7-22(8-6-13)26(23,24)14-3-4-16(25-2)15(18)10-14/h3-4,9-11,13H,5-8H2,1-2H3,(H,19,20,21). The van der Waals surface area contributed by atoms with Crippen molar-refractivity contribution in [3.63, 3.8) is 0 Å². The van der Waals surface area contributed by atoms with Crippen LogP contribution in [0.5, 0.6) is 5.75 Å². The first kappa shape index (κ1) is 18.5. The van der Waals surface area contributed by atoms with Gasteiger partial charge >= 0.3 is 0 Å². The number of nitrogens with zero attached hydrogens (tertiary/aromatic N) is 3. The molecular formula is C17H21FN4O3S. The minimum absolute atomic E-state index is 0.0204. The fraction of sp³-hybridized carbons (Fsp3) is 0.412. The predicted molar refractivity (Wildman–Crippen MR) is 95.1 cm³/mol. The number of rotatable bonds is 5. The van der Waals surface area contributed by atoms with Crippen molar-refractivity contribution < 1.29 is 17.5 Å². The zero-order valence-electron chi connectivity index (χ0n) is 14.6. The van der Waals surface area contributed by atoms with Crippen LogP contribution in [0.4, 0.5) is 10.2 Å². The van der Waals surface area contributed by atoms with E-state index in [2.05, 4.69) is 15.3 Å². The molecule has 9 heteroatoms. The van der Waals surface area contributed by atoms with E-state index >= 15 is 0 Å². The maximum atomic E-state index is 13.9. The number of ether oxygens (including phenoxy) is 1. The van der Waals surface area contributed by atoms with E-state index in [1.165, 1.54) is 29.9 Å². The lowest BCUT2D eigenvalue weighted by Gasteiger charge is -2.31. The van der Waals surface area contributed by atoms with E-state index in [1.807, 2.05) is 13.0 Å². The normalized spacial score (nSPS) is 16.4. The molecule has 26 heavy (non-hydrogen) atoms. The van der Waals surface area contributed by atoms with Gasteiger partial charge in [-0.25, -0.2) is 22.8 Å². The van der Waals surface area contributed by atoms with Gasteiger partial charge in [-0.1, -0.05) is 0 Å². The Labute approximate surface area is 152 Å². The summed E-state index contributed by atoms with van der Waals surface area (Å²) in [5.74, 6) is 0.0623. The second-order valence-electron chi connectivity index (χ2n) is 6.16. The first-order chi connectivity index (χ1) is 12.4. The largest absolute Gasteiger partial charge is 0.494 e. The van der Waals surface area contributed by atoms with E-state index in [-0.39, 0.29) is 16.7 Å². The van der Waals surface area contributed by atoms with Crippen molar-refractivity contribution in [2.45, 2.75) is 30.7 Å². The van der Waals surface area contributed by atoms with Gasteiger partial charge in [0.05, 0.1) is 12.0 Å². The molecule has 0 saturated carbocycles. The summed E-state index contributed by atoms with van der Waals surface area (Å²) in [5, 5.41) is 3.31. The van der Waals surface area contributed by atoms with Crippen LogP contribution in [0.1, 0.15) is 18.5 Å². The predicted octanol–water partition coefficient (Wildman–Crippen LogP) is 2.20. The Morgan fingerprint density at radius 1 is 1.23 bits per heavy atom. The Balaban J connectivity index is 1.66. The van der Waals surface area contributed by atoms with Gasteiger partial charge in [0, 0.05) is 30.9 Å². The fourth-order valence-electron chi connectivity index (χ4n) is 2.94. The van der Waals surface area contributed by atoms with E-state index < -0.39 is 15.8 Å². The molecule has 0 aliphatic carbocycles. The van der Waals surface area contributed by atoms with Crippen molar-refractivity contribution in [1.29, 1.82) is 0 Å². The van der Waals surface area contributed by atoms with Crippen LogP contribution in [0.25, 0.3) is 0 Å². The van der Waals surface area contributed by atoms with Crippen LogP contribution >= 0.6 is 0 Å². The van der Waals surface area contributed by atoms with Crippen LogP contribution in [0.2, 0.25) is 0 Å². The molecule has 1 aliphatic heterocycles. The molecule has 140 valence electrons. The average Bonchev–Trinajstić information content (AvgIpc) is 2.62. The lowest BCUT2D eigenvalue weighted by Crippen LogP contribution is -2.42. The van der Waals surface area contributed by atoms with E-state index in [0.717, 1.165) is 17.6 Å². The number of piperidine rings is 1. The van der Waals surface area contributed by atoms with E-state index in [0.29, 0.717) is 25.9 Å². The van der Waals surface area contributed by atoms with Crippen LogP contribution in [-0.4, -0.2) is 48.9 Å². The molecule has 0 spiro atoms. The van der Waals surface area contributed by atoms with Crippen LogP contribution in [0.15, 0.2) is 35.5 Å². The fourth-order valence-corrected chi connectivity index (χ4v) is 4.42. The van der Waals surface area contributed by atoms with Crippen molar-refractivity contribution in [2.24, 2.45) is 0 Å². The minimum atomic E-state index is -3.73. The monoisotopic (exact) mass is 380 g/mol. The SMILES string of the molecule is COc1ccc(S(=O)(=O)N2CCC(Nc3cc(C)ncn3)CC2)cc1F. The van der Waals surface area contributed by atoms with Gasteiger partial charge in [-0.05, 0) is 38.0 Å². The number of hydrogen-bond acceptors (Lipinski definition) is 6. The number of halogens is 1. The number of methoxy groups -OCH3 is 1.